The summed E-state index contributed by atoms with van der Waals surface area (Å²) in [7, 11) is -1.92. The van der Waals surface area contributed by atoms with Crippen LogP contribution in [0.1, 0.15) is 65.5 Å². The average molecular weight is 2100 g/mol. The predicted molar refractivity (Wildman–Crippen MR) is 423 cm³/mol. The van der Waals surface area contributed by atoms with E-state index < -0.39 is 33.9 Å². The molecule has 8 N–H and O–H groups in total. The number of hydrogen-bond donors (Lipinski definition) is 7. The van der Waals surface area contributed by atoms with Crippen LogP contribution < -0.4 is 34.1 Å². The molecule has 27 heteroatoms. The van der Waals surface area contributed by atoms with Crippen LogP contribution in [0.3, 0.4) is 0 Å². The standard InChI is InChI=1S/C21H23I2NO3.C17H18O4.C15H12I3NO4.C15H13I2NO5S/c1-26-16-6-8-17(9-7-16)27-21-18(22)13-15(14-19(21)23)5-10-20(25)24-11-3-2-4-12-24;1-11-9-13(3-8-16(19)20)10-12(2)17(11)21-15-6-4-14(18)5-7-15;16-9-6-8(1-2-13(9)20)23-14-10(17)3-7(4-11(14)18)5-12(19)15(21)22;1-24(21,22)18-14(20)8-9-6-12(16)15(13(17)7-9)23-11-4-2-10(19)3-5-11/h6-9,13-14H,2-5,10-12H2,1H3;4-7,9-10,18H,3,8H2,1-2H3,(H,19,20);1-4,6,12,20H,5,19H2,(H,21,22);2-7,19H,8H2,1H3,(H,18,20)/t;;12-;/m..0./s1. The minimum Gasteiger partial charge on any atom is -0.508 e. The lowest BCUT2D eigenvalue weighted by Gasteiger charge is -2.26. The third-order valence-electron chi connectivity index (χ3n) is 13.6. The van der Waals surface area contributed by atoms with Crippen molar-refractivity contribution in [3.63, 3.8) is 0 Å². The number of likely N-dealkylation sites (tertiary alicyclic amines) is 1. The van der Waals surface area contributed by atoms with E-state index in [4.69, 9.17) is 39.6 Å². The van der Waals surface area contributed by atoms with E-state index in [0.717, 1.165) is 105 Å². The van der Waals surface area contributed by atoms with Crippen molar-refractivity contribution in [1.29, 1.82) is 0 Å². The number of rotatable bonds is 21. The number of carboxylic acid groups (broad SMARTS) is 2. The molecule has 1 aliphatic heterocycles. The highest BCUT2D eigenvalue weighted by Gasteiger charge is 2.20. The summed E-state index contributed by atoms with van der Waals surface area (Å²) in [5.41, 5.74) is 11.2. The molecule has 9 rings (SSSR count). The van der Waals surface area contributed by atoms with Crippen LogP contribution in [0.5, 0.6) is 69.0 Å². The normalized spacial score (nSPS) is 12.0. The van der Waals surface area contributed by atoms with E-state index in [1.165, 1.54) is 24.1 Å². The number of piperidine rings is 1. The number of hydrogen-bond acceptors (Lipinski definition) is 15. The number of aryl methyl sites for hydroxylation is 4. The van der Waals surface area contributed by atoms with Gasteiger partial charge < -0.3 is 59.9 Å². The van der Waals surface area contributed by atoms with Crippen LogP contribution in [0.15, 0.2) is 140 Å². The first-order valence-corrected chi connectivity index (χ1v) is 38.3. The lowest BCUT2D eigenvalue weighted by atomic mass is 10.0. The quantitative estimate of drug-likeness (QED) is 0.0329. The van der Waals surface area contributed by atoms with Crippen molar-refractivity contribution in [1.82, 2.24) is 9.62 Å². The van der Waals surface area contributed by atoms with Gasteiger partial charge in [-0.15, -0.1) is 0 Å². The van der Waals surface area contributed by atoms with E-state index in [1.807, 2.05) is 94.6 Å². The number of carboxylic acids is 2. The molecule has 1 atom stereocenters. The first kappa shape index (κ1) is 79.0. The zero-order chi connectivity index (χ0) is 69.7. The van der Waals surface area contributed by atoms with Crippen LogP contribution in [-0.4, -0.2) is 95.1 Å². The van der Waals surface area contributed by atoms with Crippen LogP contribution in [0.25, 0.3) is 0 Å². The Morgan fingerprint density at radius 1 is 0.516 bits per heavy atom. The fourth-order valence-electron chi connectivity index (χ4n) is 9.11. The monoisotopic (exact) mass is 2100 g/mol. The van der Waals surface area contributed by atoms with Crippen molar-refractivity contribution < 1.29 is 76.8 Å². The second-order valence-corrected chi connectivity index (χ2v) is 31.3. The average Bonchev–Trinajstić information content (AvgIpc) is 0.930. The van der Waals surface area contributed by atoms with Gasteiger partial charge in [0.25, 0.3) is 0 Å². The number of methoxy groups -OCH3 is 1. The van der Waals surface area contributed by atoms with Crippen molar-refractivity contribution in [2.24, 2.45) is 5.73 Å². The van der Waals surface area contributed by atoms with Gasteiger partial charge in [0, 0.05) is 25.9 Å². The third kappa shape index (κ3) is 26.7. The van der Waals surface area contributed by atoms with Crippen LogP contribution >= 0.6 is 158 Å². The number of benzene rings is 8. The van der Waals surface area contributed by atoms with Gasteiger partial charge in [0.15, 0.2) is 17.2 Å². The van der Waals surface area contributed by atoms with E-state index in [-0.39, 0.29) is 42.4 Å². The molecule has 1 saturated heterocycles. The van der Waals surface area contributed by atoms with Crippen molar-refractivity contribution >= 4 is 192 Å². The Morgan fingerprint density at radius 3 is 1.34 bits per heavy atom. The molecule has 0 radical (unpaired) electrons. The lowest BCUT2D eigenvalue weighted by molar-refractivity contribution is -0.139. The van der Waals surface area contributed by atoms with Crippen LogP contribution in [0, 0.1) is 38.8 Å². The van der Waals surface area contributed by atoms with Crippen LogP contribution in [0.2, 0.25) is 0 Å². The molecular formula is C68H66I7N3O16S. The summed E-state index contributed by atoms with van der Waals surface area (Å²) in [5.74, 6) is 4.81. The molecule has 0 unspecified atom stereocenters. The van der Waals surface area contributed by atoms with E-state index in [1.54, 1.807) is 73.8 Å². The number of carbonyl (C=O) groups is 4. The molecule has 504 valence electrons. The maximum Gasteiger partial charge on any atom is 0.320 e. The SMILES string of the molecule is COc1ccc(Oc2c(I)cc(CCC(=O)N3CCCCC3)cc2I)cc1.CS(=O)(=O)NC(=O)Cc1cc(I)c(Oc2ccc(O)cc2)c(I)c1.Cc1cc(CCC(=O)O)cc(C)c1Oc1ccc(O)cc1.N[C@@H](Cc1cc(I)c(Oc2ccc(O)c(I)c2)c(I)c1)C(=O)O. The number of phenolic OH excluding ortho intramolecular Hbond substituents is 3. The lowest BCUT2D eigenvalue weighted by Crippen LogP contribution is -2.35. The van der Waals surface area contributed by atoms with Crippen molar-refractivity contribution in [3.05, 3.63) is 198 Å². The van der Waals surface area contributed by atoms with Crippen LogP contribution in [0.4, 0.5) is 0 Å². The molecule has 1 fully saturated rings. The van der Waals surface area contributed by atoms with Gasteiger partial charge in [-0.3, -0.25) is 23.9 Å². The number of sulfonamides is 1. The molecule has 19 nitrogen and oxygen atoms in total. The molecule has 0 aromatic heterocycles. The topological polar surface area (TPSA) is 291 Å². The van der Waals surface area contributed by atoms with Gasteiger partial charge in [0.05, 0.1) is 44.8 Å². The van der Waals surface area contributed by atoms with E-state index in [9.17, 15) is 42.9 Å². The van der Waals surface area contributed by atoms with Crippen molar-refractivity contribution in [2.45, 2.75) is 77.7 Å². The molecule has 1 aliphatic rings. The number of ether oxygens (including phenoxy) is 5. The van der Waals surface area contributed by atoms with Gasteiger partial charge in [-0.1, -0.05) is 12.1 Å². The second kappa shape index (κ2) is 38.4. The summed E-state index contributed by atoms with van der Waals surface area (Å²) in [6, 6.07) is 39.9. The fourth-order valence-corrected chi connectivity index (χ4v) is 16.4. The molecule has 8 aromatic carbocycles. The van der Waals surface area contributed by atoms with Gasteiger partial charge >= 0.3 is 11.9 Å². The number of nitrogens with one attached hydrogen (secondary N) is 1. The summed E-state index contributed by atoms with van der Waals surface area (Å²) < 4.78 is 59.0. The fraction of sp³-hybridized carbons (Fsp3) is 0.235. The number of aromatic hydroxyl groups is 3. The highest BCUT2D eigenvalue weighted by molar-refractivity contribution is 14.1. The zero-order valence-electron chi connectivity index (χ0n) is 51.4. The third-order valence-corrected chi connectivity index (χ3v) is 19.9. The number of halogens is 7. The molecule has 0 spiro atoms. The molecule has 0 saturated carbocycles. The van der Waals surface area contributed by atoms with Gasteiger partial charge in [0.1, 0.15) is 57.8 Å². The summed E-state index contributed by atoms with van der Waals surface area (Å²) >= 11 is 15.1. The first-order chi connectivity index (χ1) is 44.9. The van der Waals surface area contributed by atoms with Crippen LogP contribution in [-0.2, 0) is 54.9 Å². The largest absolute Gasteiger partial charge is 0.508 e. The van der Waals surface area contributed by atoms with Crippen molar-refractivity contribution in [2.75, 3.05) is 26.5 Å². The van der Waals surface area contributed by atoms with Gasteiger partial charge in [-0.2, -0.15) is 0 Å². The number of carbonyl (C=O) groups excluding carboxylic acids is 2. The highest BCUT2D eigenvalue weighted by Crippen LogP contribution is 2.38. The van der Waals surface area contributed by atoms with Gasteiger partial charge in [0.2, 0.25) is 21.8 Å². The number of amides is 2. The molecule has 0 bridgehead atoms. The second-order valence-electron chi connectivity index (χ2n) is 21.4. The molecule has 95 heavy (non-hydrogen) atoms. The highest BCUT2D eigenvalue weighted by atomic mass is 127. The molecule has 8 aromatic rings. The summed E-state index contributed by atoms with van der Waals surface area (Å²) in [6.45, 7) is 5.71. The van der Waals surface area contributed by atoms with Crippen molar-refractivity contribution in [3.8, 4) is 69.0 Å². The number of phenols is 3. The molecule has 2 amide bonds. The Labute approximate surface area is 647 Å². The Kier molecular flexibility index (Phi) is 32.0. The number of nitrogens with two attached hydrogens (primary N) is 1. The minimum absolute atomic E-state index is 0.0431. The summed E-state index contributed by atoms with van der Waals surface area (Å²) in [6.07, 6.45) is 6.65. The number of aliphatic carboxylic acids is 2. The Balaban J connectivity index is 0.000000201. The summed E-state index contributed by atoms with van der Waals surface area (Å²) in [5, 5.41) is 45.8. The molecule has 1 heterocycles. The first-order valence-electron chi connectivity index (χ1n) is 28.9. The minimum atomic E-state index is -3.56. The Morgan fingerprint density at radius 2 is 0.905 bits per heavy atom. The predicted octanol–water partition coefficient (Wildman–Crippen LogP) is 16.4. The van der Waals surface area contributed by atoms with E-state index >= 15 is 0 Å². The van der Waals surface area contributed by atoms with E-state index in [0.29, 0.717) is 50.7 Å². The zero-order valence-corrected chi connectivity index (χ0v) is 67.4. The Hall–Kier alpha value is -4.94. The van der Waals surface area contributed by atoms with Gasteiger partial charge in [-0.25, -0.2) is 8.42 Å². The van der Waals surface area contributed by atoms with Gasteiger partial charge in [-0.05, 0) is 371 Å². The maximum atomic E-state index is 12.4. The molecular weight excluding hydrogens is 2040 g/mol. The smallest absolute Gasteiger partial charge is 0.320 e. The number of nitrogens with zero attached hydrogens (tertiary/aromatic N) is 1. The maximum absolute atomic E-state index is 12.4. The summed E-state index contributed by atoms with van der Waals surface area (Å²) in [4.78, 5) is 47.6. The Bertz CT molecular complexity index is 4010. The van der Waals surface area contributed by atoms with E-state index in [2.05, 4.69) is 148 Å². The molecule has 0 aliphatic carbocycles.